The van der Waals surface area contributed by atoms with Gasteiger partial charge in [0.25, 0.3) is 0 Å². The van der Waals surface area contributed by atoms with Crippen molar-refractivity contribution in [3.63, 3.8) is 0 Å². The molecular formula is C23H23IN4O7-2. The number of hydrogen-bond donors (Lipinski definition) is 2. The predicted octanol–water partition coefficient (Wildman–Crippen LogP) is 2.08. The molecule has 0 spiro atoms. The lowest BCUT2D eigenvalue weighted by Crippen LogP contribution is -2.49. The smallest absolute Gasteiger partial charge is 0.414 e. The molecule has 2 aliphatic rings. The van der Waals surface area contributed by atoms with Crippen LogP contribution in [0.25, 0.3) is 0 Å². The SMILES string of the molecule is O=C(OI)C(CO)N=C([O-])c1ccc(N2CCC(N3C(=O)OCc4ccccc43)CC2)c(N[O-])c1. The number of fused-ring (bicyclic) bond motifs is 1. The van der Waals surface area contributed by atoms with E-state index in [1.165, 1.54) is 35.1 Å². The number of anilines is 3. The van der Waals surface area contributed by atoms with Gasteiger partial charge in [0.05, 0.1) is 18.0 Å². The number of piperidine rings is 1. The number of benzene rings is 2. The van der Waals surface area contributed by atoms with E-state index in [1.54, 1.807) is 11.0 Å². The lowest BCUT2D eigenvalue weighted by Gasteiger charge is -2.41. The maximum atomic E-state index is 12.5. The molecule has 0 aliphatic carbocycles. The maximum Gasteiger partial charge on any atom is 0.414 e. The topological polar surface area (TPSA) is 150 Å². The number of nitrogens with one attached hydrogen (secondary N) is 1. The third-order valence-corrected chi connectivity index (χ3v) is 6.55. The zero-order valence-electron chi connectivity index (χ0n) is 18.6. The molecule has 35 heavy (non-hydrogen) atoms. The van der Waals surface area contributed by atoms with Crippen molar-refractivity contribution in [1.82, 2.24) is 0 Å². The van der Waals surface area contributed by atoms with Crippen molar-refractivity contribution in [3.8, 4) is 0 Å². The van der Waals surface area contributed by atoms with Crippen LogP contribution in [0.2, 0.25) is 0 Å². The Bertz CT molecular complexity index is 1120. The number of hydrogen-bond acceptors (Lipinski definition) is 10. The molecule has 2 aromatic carbocycles. The number of aliphatic hydroxyl groups excluding tert-OH is 1. The zero-order chi connectivity index (χ0) is 24.9. The number of amides is 1. The lowest BCUT2D eigenvalue weighted by atomic mass is 10.00. The number of aliphatic hydroxyl groups is 1. The number of cyclic esters (lactones) is 1. The fourth-order valence-corrected chi connectivity index (χ4v) is 4.64. The van der Waals surface area contributed by atoms with Gasteiger partial charge < -0.3 is 33.6 Å². The highest BCUT2D eigenvalue weighted by Gasteiger charge is 2.34. The minimum absolute atomic E-state index is 0.0448. The molecule has 1 amide bonds. The molecule has 186 valence electrons. The number of nitrogens with zero attached hydrogens (tertiary/aromatic N) is 3. The van der Waals surface area contributed by atoms with E-state index in [4.69, 9.17) is 4.74 Å². The summed E-state index contributed by atoms with van der Waals surface area (Å²) in [4.78, 5) is 31.5. The number of carbonyl (C=O) groups is 2. The van der Waals surface area contributed by atoms with Gasteiger partial charge in [-0.2, -0.15) is 0 Å². The zero-order valence-corrected chi connectivity index (χ0v) is 20.7. The number of carbonyl (C=O) groups excluding carboxylic acids is 2. The standard InChI is InChI=1S/C23H24IN4O7/c24-35-22(31)18(12-29)25-21(30)14-5-6-20(17(11-14)26-33)27-9-7-16(8-10-27)28-19-4-2-1-3-15(19)13-34-23(28)32/h1-6,11,16,18,26,29H,7-10,12-13H2,(H,25,30)/q-1/p-1. The Balaban J connectivity index is 1.48. The van der Waals surface area contributed by atoms with Crippen molar-refractivity contribution >= 4 is 58.0 Å². The monoisotopic (exact) mass is 594 g/mol. The summed E-state index contributed by atoms with van der Waals surface area (Å²) in [5.74, 6) is -1.60. The Hall–Kier alpha value is -3.10. The Labute approximate surface area is 215 Å². The van der Waals surface area contributed by atoms with Gasteiger partial charge in [-0.3, -0.25) is 9.89 Å². The molecule has 2 aromatic rings. The summed E-state index contributed by atoms with van der Waals surface area (Å²) in [5, 5.41) is 33.4. The minimum atomic E-state index is -1.34. The van der Waals surface area contributed by atoms with E-state index in [0.29, 0.717) is 31.6 Å². The van der Waals surface area contributed by atoms with Gasteiger partial charge in [0.1, 0.15) is 6.61 Å². The molecule has 0 bridgehead atoms. The van der Waals surface area contributed by atoms with Crippen LogP contribution in [-0.2, 0) is 19.2 Å². The van der Waals surface area contributed by atoms with E-state index in [0.717, 1.165) is 11.3 Å². The summed E-state index contributed by atoms with van der Waals surface area (Å²) in [6, 6.07) is 10.8. The van der Waals surface area contributed by atoms with Crippen molar-refractivity contribution in [1.29, 1.82) is 0 Å². The van der Waals surface area contributed by atoms with Gasteiger partial charge in [0, 0.05) is 30.4 Å². The molecule has 2 heterocycles. The van der Waals surface area contributed by atoms with Crippen LogP contribution in [0, 0.1) is 5.21 Å². The van der Waals surface area contributed by atoms with E-state index in [9.17, 15) is 25.0 Å². The second-order valence-corrected chi connectivity index (χ2v) is 8.57. The first kappa shape index (κ1) is 25.0. The highest BCUT2D eigenvalue weighted by atomic mass is 127. The molecular weight excluding hydrogens is 571 g/mol. The second-order valence-electron chi connectivity index (χ2n) is 8.13. The van der Waals surface area contributed by atoms with Crippen molar-refractivity contribution < 1.29 is 27.6 Å². The normalized spacial score (nSPS) is 17.5. The molecule has 1 atom stereocenters. The van der Waals surface area contributed by atoms with Gasteiger partial charge in [-0.15, -0.1) is 0 Å². The summed E-state index contributed by atoms with van der Waals surface area (Å²) < 4.78 is 9.83. The molecule has 1 fully saturated rings. The van der Waals surface area contributed by atoms with Crippen LogP contribution < -0.4 is 20.4 Å². The van der Waals surface area contributed by atoms with Gasteiger partial charge >= 0.3 is 12.1 Å². The summed E-state index contributed by atoms with van der Waals surface area (Å²) >= 11 is 1.35. The summed E-state index contributed by atoms with van der Waals surface area (Å²) in [7, 11) is 0. The molecule has 4 rings (SSSR count). The van der Waals surface area contributed by atoms with Crippen LogP contribution in [-0.4, -0.2) is 54.8 Å². The second kappa shape index (κ2) is 11.1. The van der Waals surface area contributed by atoms with E-state index in [1.807, 2.05) is 34.6 Å². The van der Waals surface area contributed by atoms with Crippen LogP contribution in [0.15, 0.2) is 47.5 Å². The summed E-state index contributed by atoms with van der Waals surface area (Å²) in [5.41, 5.74) is 4.59. The van der Waals surface area contributed by atoms with Crippen LogP contribution in [0.4, 0.5) is 21.9 Å². The molecule has 1 unspecified atom stereocenters. The van der Waals surface area contributed by atoms with Gasteiger partial charge in [-0.1, -0.05) is 24.3 Å². The Morgan fingerprint density at radius 2 is 2.00 bits per heavy atom. The van der Waals surface area contributed by atoms with E-state index in [-0.39, 0.29) is 30.0 Å². The van der Waals surface area contributed by atoms with E-state index >= 15 is 0 Å². The first-order valence-electron chi connectivity index (χ1n) is 11.0. The number of halogens is 1. The minimum Gasteiger partial charge on any atom is -0.858 e. The predicted molar refractivity (Wildman–Crippen MR) is 135 cm³/mol. The van der Waals surface area contributed by atoms with Gasteiger partial charge in [-0.05, 0) is 42.5 Å². The van der Waals surface area contributed by atoms with Crippen LogP contribution in [0.5, 0.6) is 0 Å². The summed E-state index contributed by atoms with van der Waals surface area (Å²) in [6.07, 6.45) is 0.964. The molecule has 11 nitrogen and oxygen atoms in total. The molecule has 2 aliphatic heterocycles. The van der Waals surface area contributed by atoms with E-state index in [2.05, 4.69) is 8.06 Å². The van der Waals surface area contributed by atoms with Crippen molar-refractivity contribution in [2.75, 3.05) is 35.0 Å². The van der Waals surface area contributed by atoms with Gasteiger partial charge in [0.2, 0.25) is 0 Å². The first-order valence-corrected chi connectivity index (χ1v) is 11.8. The summed E-state index contributed by atoms with van der Waals surface area (Å²) in [6.45, 7) is 0.745. The average molecular weight is 594 g/mol. The largest absolute Gasteiger partial charge is 0.858 e. The van der Waals surface area contributed by atoms with Crippen LogP contribution >= 0.6 is 23.0 Å². The third-order valence-electron chi connectivity index (χ3n) is 6.12. The van der Waals surface area contributed by atoms with Crippen molar-refractivity contribution in [2.45, 2.75) is 31.5 Å². The molecule has 2 N–H and O–H groups in total. The maximum absolute atomic E-state index is 12.5. The Kier molecular flexibility index (Phi) is 7.93. The number of para-hydroxylation sites is 1. The van der Waals surface area contributed by atoms with E-state index < -0.39 is 24.5 Å². The number of rotatable bonds is 7. The Morgan fingerprint density at radius 3 is 2.69 bits per heavy atom. The Morgan fingerprint density at radius 1 is 1.26 bits per heavy atom. The van der Waals surface area contributed by atoms with Crippen molar-refractivity contribution in [3.05, 3.63) is 58.8 Å². The fraction of sp³-hybridized carbons (Fsp3) is 0.348. The van der Waals surface area contributed by atoms with Gasteiger partial charge in [-0.25, -0.2) is 9.59 Å². The molecule has 0 aromatic heterocycles. The fourth-order valence-electron chi connectivity index (χ4n) is 4.35. The molecule has 0 saturated carbocycles. The quantitative estimate of drug-likeness (QED) is 0.213. The number of ether oxygens (including phenoxy) is 1. The van der Waals surface area contributed by atoms with Crippen LogP contribution in [0.3, 0.4) is 0 Å². The molecule has 0 radical (unpaired) electrons. The number of aliphatic imine (C=N–C) groups is 1. The molecule has 1 saturated heterocycles. The van der Waals surface area contributed by atoms with Crippen molar-refractivity contribution in [2.24, 2.45) is 4.99 Å². The lowest BCUT2D eigenvalue weighted by molar-refractivity contribution is -0.213. The molecule has 12 heteroatoms. The average Bonchev–Trinajstić information content (AvgIpc) is 2.90. The highest BCUT2D eigenvalue weighted by Crippen LogP contribution is 2.34. The highest BCUT2D eigenvalue weighted by molar-refractivity contribution is 14.1. The van der Waals surface area contributed by atoms with Crippen LogP contribution in [0.1, 0.15) is 24.0 Å². The first-order chi connectivity index (χ1) is 17.0. The van der Waals surface area contributed by atoms with Gasteiger partial charge in [0.15, 0.2) is 29.0 Å². The third kappa shape index (κ3) is 5.28.